The third-order valence-corrected chi connectivity index (χ3v) is 5.77. The normalized spacial score (nSPS) is 15.7. The van der Waals surface area contributed by atoms with Crippen LogP contribution in [0.1, 0.15) is 29.1 Å². The number of piperidine rings is 1. The summed E-state index contributed by atoms with van der Waals surface area (Å²) in [5, 5.41) is 6.05. The number of ether oxygens (including phenoxy) is 1. The monoisotopic (exact) mass is 383 g/mol. The maximum absolute atomic E-state index is 12.7. The fraction of sp³-hybridized carbons (Fsp3) is 0.350. The van der Waals surface area contributed by atoms with Gasteiger partial charge in [-0.1, -0.05) is 11.2 Å². The highest BCUT2D eigenvalue weighted by Gasteiger charge is 2.26. The molecule has 1 aliphatic rings. The van der Waals surface area contributed by atoms with E-state index in [1.165, 1.54) is 0 Å². The minimum Gasteiger partial charge on any atom is -0.497 e. The van der Waals surface area contributed by atoms with Crippen molar-refractivity contribution in [3.8, 4) is 16.5 Å². The molecule has 0 spiro atoms. The lowest BCUT2D eigenvalue weighted by atomic mass is 9.89. The van der Waals surface area contributed by atoms with E-state index >= 15 is 0 Å². The van der Waals surface area contributed by atoms with Crippen molar-refractivity contribution in [1.29, 1.82) is 0 Å². The number of thiophene rings is 1. The summed E-state index contributed by atoms with van der Waals surface area (Å²) >= 11 is 1.60. The van der Waals surface area contributed by atoms with Gasteiger partial charge in [0.05, 0.1) is 18.5 Å². The molecule has 2 aromatic heterocycles. The predicted octanol–water partition coefficient (Wildman–Crippen LogP) is 3.90. The second-order valence-electron chi connectivity index (χ2n) is 6.63. The van der Waals surface area contributed by atoms with Gasteiger partial charge in [-0.05, 0) is 61.6 Å². The predicted molar refractivity (Wildman–Crippen MR) is 103 cm³/mol. The van der Waals surface area contributed by atoms with Crippen LogP contribution in [0.2, 0.25) is 0 Å². The van der Waals surface area contributed by atoms with Gasteiger partial charge in [-0.25, -0.2) is 0 Å². The topological polar surface area (TPSA) is 68.5 Å². The minimum atomic E-state index is 0.0685. The first kappa shape index (κ1) is 17.9. The molecule has 140 valence electrons. The van der Waals surface area contributed by atoms with Crippen LogP contribution in [0.25, 0.3) is 10.7 Å². The highest BCUT2D eigenvalue weighted by atomic mass is 32.1. The average molecular weight is 383 g/mol. The molecule has 3 heterocycles. The lowest BCUT2D eigenvalue weighted by molar-refractivity contribution is 0.0825. The molecule has 0 atom stereocenters. The largest absolute Gasteiger partial charge is 0.497 e. The number of carbonyl (C=O) groups is 1. The number of Topliss-reactive ketones (excluding diaryl/α,β-unsaturated/α-hetero) is 1. The van der Waals surface area contributed by atoms with Crippen LogP contribution < -0.4 is 4.74 Å². The van der Waals surface area contributed by atoms with E-state index in [4.69, 9.17) is 9.26 Å². The summed E-state index contributed by atoms with van der Waals surface area (Å²) < 4.78 is 10.5. The number of benzene rings is 1. The molecule has 0 N–H and O–H groups in total. The molecule has 4 rings (SSSR count). The Morgan fingerprint density at radius 1 is 1.26 bits per heavy atom. The lowest BCUT2D eigenvalue weighted by Crippen LogP contribution is -2.36. The third-order valence-electron chi connectivity index (χ3n) is 4.90. The van der Waals surface area contributed by atoms with Crippen LogP contribution >= 0.6 is 11.3 Å². The molecule has 7 heteroatoms. The number of hydrogen-bond acceptors (Lipinski definition) is 7. The van der Waals surface area contributed by atoms with E-state index in [9.17, 15) is 4.79 Å². The SMILES string of the molecule is COc1ccc(C(=O)C2CCN(Cc3nc(-c4cccs4)no3)CC2)cc1. The van der Waals surface area contributed by atoms with Gasteiger partial charge in [0, 0.05) is 11.5 Å². The molecule has 0 radical (unpaired) electrons. The molecule has 6 nitrogen and oxygen atoms in total. The van der Waals surface area contributed by atoms with Gasteiger partial charge < -0.3 is 9.26 Å². The third kappa shape index (κ3) is 4.09. The summed E-state index contributed by atoms with van der Waals surface area (Å²) in [4.78, 5) is 20.5. The Morgan fingerprint density at radius 2 is 2.04 bits per heavy atom. The fourth-order valence-electron chi connectivity index (χ4n) is 3.36. The van der Waals surface area contributed by atoms with Crippen molar-refractivity contribution in [1.82, 2.24) is 15.0 Å². The number of hydrogen-bond donors (Lipinski definition) is 0. The van der Waals surface area contributed by atoms with Gasteiger partial charge in [-0.2, -0.15) is 4.98 Å². The van der Waals surface area contributed by atoms with Crippen molar-refractivity contribution in [2.75, 3.05) is 20.2 Å². The summed E-state index contributed by atoms with van der Waals surface area (Å²) in [5.41, 5.74) is 0.756. The lowest BCUT2D eigenvalue weighted by Gasteiger charge is -2.30. The Bertz CT molecular complexity index is 882. The number of methoxy groups -OCH3 is 1. The Labute approximate surface area is 161 Å². The van der Waals surface area contributed by atoms with Gasteiger partial charge in [-0.3, -0.25) is 9.69 Å². The molecule has 1 aromatic carbocycles. The van der Waals surface area contributed by atoms with Gasteiger partial charge in [-0.15, -0.1) is 11.3 Å². The number of aromatic nitrogens is 2. The van der Waals surface area contributed by atoms with Gasteiger partial charge in [0.25, 0.3) is 0 Å². The van der Waals surface area contributed by atoms with Crippen LogP contribution in [0, 0.1) is 5.92 Å². The summed E-state index contributed by atoms with van der Waals surface area (Å²) in [6, 6.07) is 11.3. The van der Waals surface area contributed by atoms with E-state index in [-0.39, 0.29) is 11.7 Å². The Morgan fingerprint density at radius 3 is 2.70 bits per heavy atom. The minimum absolute atomic E-state index is 0.0685. The molecule has 0 amide bonds. The van der Waals surface area contributed by atoms with Crippen LogP contribution in [-0.4, -0.2) is 41.0 Å². The molecule has 0 unspecified atom stereocenters. The van der Waals surface area contributed by atoms with Crippen LogP contribution in [0.15, 0.2) is 46.3 Å². The highest BCUT2D eigenvalue weighted by molar-refractivity contribution is 7.13. The van der Waals surface area contributed by atoms with Crippen molar-refractivity contribution in [2.45, 2.75) is 19.4 Å². The Kier molecular flexibility index (Phi) is 5.31. The van der Waals surface area contributed by atoms with Crippen molar-refractivity contribution in [2.24, 2.45) is 5.92 Å². The number of ketones is 1. The molecule has 1 fully saturated rings. The van der Waals surface area contributed by atoms with Gasteiger partial charge >= 0.3 is 0 Å². The number of rotatable bonds is 6. The van der Waals surface area contributed by atoms with Crippen molar-refractivity contribution in [3.05, 3.63) is 53.2 Å². The quantitative estimate of drug-likeness (QED) is 0.601. The van der Waals surface area contributed by atoms with E-state index in [1.54, 1.807) is 18.4 Å². The Hall–Kier alpha value is -2.51. The first-order chi connectivity index (χ1) is 13.2. The zero-order valence-electron chi connectivity index (χ0n) is 15.1. The highest BCUT2D eigenvalue weighted by Crippen LogP contribution is 2.25. The smallest absolute Gasteiger partial charge is 0.241 e. The summed E-state index contributed by atoms with van der Waals surface area (Å²) in [7, 11) is 1.62. The zero-order valence-corrected chi connectivity index (χ0v) is 15.9. The summed E-state index contributed by atoms with van der Waals surface area (Å²) in [6.45, 7) is 2.33. The standard InChI is InChI=1S/C20H21N3O3S/c1-25-16-6-4-14(5-7-16)19(24)15-8-10-23(11-9-15)13-18-21-20(22-26-18)17-3-2-12-27-17/h2-7,12,15H,8-11,13H2,1H3. The summed E-state index contributed by atoms with van der Waals surface area (Å²) in [6.07, 6.45) is 1.69. The number of carbonyl (C=O) groups excluding carboxylic acids is 1. The van der Waals surface area contributed by atoms with Gasteiger partial charge in [0.2, 0.25) is 11.7 Å². The van der Waals surface area contributed by atoms with E-state index in [0.29, 0.717) is 18.3 Å². The first-order valence-corrected chi connectivity index (χ1v) is 9.88. The fourth-order valence-corrected chi connectivity index (χ4v) is 4.01. The van der Waals surface area contributed by atoms with E-state index in [0.717, 1.165) is 42.1 Å². The molecule has 1 saturated heterocycles. The van der Waals surface area contributed by atoms with E-state index < -0.39 is 0 Å². The molecule has 1 aliphatic heterocycles. The van der Waals surface area contributed by atoms with E-state index in [2.05, 4.69) is 15.0 Å². The molecule has 0 bridgehead atoms. The summed E-state index contributed by atoms with van der Waals surface area (Å²) in [5.74, 6) is 2.32. The van der Waals surface area contributed by atoms with Crippen LogP contribution in [0.5, 0.6) is 5.75 Å². The van der Waals surface area contributed by atoms with Crippen molar-refractivity contribution >= 4 is 17.1 Å². The molecule has 0 saturated carbocycles. The second kappa shape index (κ2) is 8.02. The molecule has 0 aliphatic carbocycles. The molecule has 3 aromatic rings. The van der Waals surface area contributed by atoms with Crippen LogP contribution in [-0.2, 0) is 6.54 Å². The number of nitrogens with zero attached hydrogens (tertiary/aromatic N) is 3. The van der Waals surface area contributed by atoms with Crippen LogP contribution in [0.3, 0.4) is 0 Å². The Balaban J connectivity index is 1.31. The molecular weight excluding hydrogens is 362 g/mol. The zero-order chi connectivity index (χ0) is 18.6. The van der Waals surface area contributed by atoms with Crippen molar-refractivity contribution in [3.63, 3.8) is 0 Å². The average Bonchev–Trinajstić information content (AvgIpc) is 3.40. The first-order valence-electron chi connectivity index (χ1n) is 9.00. The molecular formula is C20H21N3O3S. The van der Waals surface area contributed by atoms with Crippen molar-refractivity contribution < 1.29 is 14.1 Å². The van der Waals surface area contributed by atoms with Gasteiger partial charge in [0.15, 0.2) is 5.78 Å². The second-order valence-corrected chi connectivity index (χ2v) is 7.58. The van der Waals surface area contributed by atoms with Crippen LogP contribution in [0.4, 0.5) is 0 Å². The van der Waals surface area contributed by atoms with E-state index in [1.807, 2.05) is 41.8 Å². The number of likely N-dealkylation sites (tertiary alicyclic amines) is 1. The molecule has 27 heavy (non-hydrogen) atoms. The van der Waals surface area contributed by atoms with Gasteiger partial charge in [0.1, 0.15) is 5.75 Å². The maximum Gasteiger partial charge on any atom is 0.241 e. The maximum atomic E-state index is 12.7.